The predicted molar refractivity (Wildman–Crippen MR) is 66.0 cm³/mol. The molecule has 1 rings (SSSR count). The summed E-state index contributed by atoms with van der Waals surface area (Å²) in [5.41, 5.74) is 6.00. The third-order valence-corrected chi connectivity index (χ3v) is 2.32. The Kier molecular flexibility index (Phi) is 4.69. The fourth-order valence-corrected chi connectivity index (χ4v) is 1.55. The Morgan fingerprint density at radius 1 is 1.24 bits per heavy atom. The monoisotopic (exact) mass is 234 g/mol. The molecule has 2 amide bonds. The van der Waals surface area contributed by atoms with Gasteiger partial charge in [0, 0.05) is 6.42 Å². The number of amides is 2. The molecule has 4 heteroatoms. The summed E-state index contributed by atoms with van der Waals surface area (Å²) in [5.74, 6) is -0.458. The third kappa shape index (κ3) is 4.26. The van der Waals surface area contributed by atoms with Crippen LogP contribution < -0.4 is 11.1 Å². The van der Waals surface area contributed by atoms with Gasteiger partial charge >= 0.3 is 0 Å². The standard InChI is InChI=1S/C13H18N2O2/c1-9(2)8-11(16)15-12(13(14)17)10-6-4-3-5-7-10/h3-7,9,12H,8H2,1-2H3,(H2,14,17)(H,15,16). The second-order valence-electron chi connectivity index (χ2n) is 4.41. The molecule has 3 N–H and O–H groups in total. The van der Waals surface area contributed by atoms with E-state index in [0.29, 0.717) is 12.0 Å². The van der Waals surface area contributed by atoms with E-state index >= 15 is 0 Å². The molecular weight excluding hydrogens is 216 g/mol. The van der Waals surface area contributed by atoms with E-state index in [4.69, 9.17) is 5.73 Å². The van der Waals surface area contributed by atoms with E-state index in [1.807, 2.05) is 19.9 Å². The maximum Gasteiger partial charge on any atom is 0.244 e. The number of primary amides is 1. The summed E-state index contributed by atoms with van der Waals surface area (Å²) in [5, 5.41) is 2.65. The Balaban J connectivity index is 2.75. The van der Waals surface area contributed by atoms with E-state index in [9.17, 15) is 9.59 Å². The van der Waals surface area contributed by atoms with Gasteiger partial charge in [0.1, 0.15) is 6.04 Å². The highest BCUT2D eigenvalue weighted by atomic mass is 16.2. The van der Waals surface area contributed by atoms with Gasteiger partial charge in [0.2, 0.25) is 11.8 Å². The number of carbonyl (C=O) groups is 2. The van der Waals surface area contributed by atoms with Crippen molar-refractivity contribution in [2.24, 2.45) is 11.7 Å². The first-order valence-corrected chi connectivity index (χ1v) is 5.64. The lowest BCUT2D eigenvalue weighted by atomic mass is 10.1. The maximum absolute atomic E-state index is 11.6. The molecule has 4 nitrogen and oxygen atoms in total. The van der Waals surface area contributed by atoms with E-state index in [2.05, 4.69) is 5.32 Å². The second-order valence-corrected chi connectivity index (χ2v) is 4.41. The van der Waals surface area contributed by atoms with Gasteiger partial charge in [-0.25, -0.2) is 0 Å². The van der Waals surface area contributed by atoms with Crippen LogP contribution in [0.15, 0.2) is 30.3 Å². The molecule has 1 aromatic carbocycles. The van der Waals surface area contributed by atoms with Crippen LogP contribution in [0.2, 0.25) is 0 Å². The van der Waals surface area contributed by atoms with Crippen LogP contribution in [-0.4, -0.2) is 11.8 Å². The fourth-order valence-electron chi connectivity index (χ4n) is 1.55. The zero-order valence-electron chi connectivity index (χ0n) is 10.1. The van der Waals surface area contributed by atoms with Gasteiger partial charge in [-0.1, -0.05) is 44.2 Å². The highest BCUT2D eigenvalue weighted by Gasteiger charge is 2.19. The van der Waals surface area contributed by atoms with Crippen molar-refractivity contribution in [2.75, 3.05) is 0 Å². The van der Waals surface area contributed by atoms with Crippen molar-refractivity contribution in [2.45, 2.75) is 26.3 Å². The second kappa shape index (κ2) is 6.03. The highest BCUT2D eigenvalue weighted by molar-refractivity contribution is 5.87. The molecule has 0 aliphatic carbocycles. The predicted octanol–water partition coefficient (Wildman–Crippen LogP) is 1.38. The van der Waals surface area contributed by atoms with Crippen molar-refractivity contribution in [3.05, 3.63) is 35.9 Å². The molecule has 1 unspecified atom stereocenters. The number of benzene rings is 1. The average Bonchev–Trinajstić information content (AvgIpc) is 2.25. The number of hydrogen-bond donors (Lipinski definition) is 2. The van der Waals surface area contributed by atoms with E-state index in [-0.39, 0.29) is 11.8 Å². The average molecular weight is 234 g/mol. The molecule has 0 spiro atoms. The van der Waals surface area contributed by atoms with Gasteiger partial charge in [0.15, 0.2) is 0 Å². The number of nitrogens with two attached hydrogens (primary N) is 1. The van der Waals surface area contributed by atoms with Crippen molar-refractivity contribution in [3.8, 4) is 0 Å². The summed E-state index contributed by atoms with van der Waals surface area (Å²) in [6.45, 7) is 3.89. The zero-order valence-corrected chi connectivity index (χ0v) is 10.1. The van der Waals surface area contributed by atoms with E-state index in [1.54, 1.807) is 24.3 Å². The molecule has 0 radical (unpaired) electrons. The van der Waals surface area contributed by atoms with Crippen LogP contribution in [-0.2, 0) is 9.59 Å². The normalized spacial score (nSPS) is 12.2. The molecule has 0 bridgehead atoms. The zero-order chi connectivity index (χ0) is 12.8. The first-order valence-electron chi connectivity index (χ1n) is 5.64. The van der Waals surface area contributed by atoms with E-state index in [0.717, 1.165) is 0 Å². The summed E-state index contributed by atoms with van der Waals surface area (Å²) in [6.07, 6.45) is 0.386. The first-order chi connectivity index (χ1) is 8.00. The Labute approximate surface area is 101 Å². The molecule has 0 heterocycles. The molecule has 0 fully saturated rings. The molecule has 1 aromatic rings. The van der Waals surface area contributed by atoms with Crippen LogP contribution in [0.5, 0.6) is 0 Å². The summed E-state index contributed by atoms with van der Waals surface area (Å²) in [7, 11) is 0. The van der Waals surface area contributed by atoms with Crippen molar-refractivity contribution in [3.63, 3.8) is 0 Å². The molecule has 1 atom stereocenters. The number of hydrogen-bond acceptors (Lipinski definition) is 2. The van der Waals surface area contributed by atoms with Crippen LogP contribution in [0.25, 0.3) is 0 Å². The minimum atomic E-state index is -0.748. The van der Waals surface area contributed by atoms with Gasteiger partial charge in [0.25, 0.3) is 0 Å². The minimum absolute atomic E-state index is 0.160. The smallest absolute Gasteiger partial charge is 0.244 e. The molecule has 0 aliphatic rings. The molecule has 92 valence electrons. The number of rotatable bonds is 5. The number of carbonyl (C=O) groups excluding carboxylic acids is 2. The molecule has 0 aliphatic heterocycles. The van der Waals surface area contributed by atoms with Crippen molar-refractivity contribution in [1.82, 2.24) is 5.32 Å². The molecule has 0 aromatic heterocycles. The van der Waals surface area contributed by atoms with Gasteiger partial charge in [-0.3, -0.25) is 9.59 Å². The quantitative estimate of drug-likeness (QED) is 0.807. The summed E-state index contributed by atoms with van der Waals surface area (Å²) in [4.78, 5) is 23.0. The molecule has 0 saturated carbocycles. The summed E-state index contributed by atoms with van der Waals surface area (Å²) in [6, 6.07) is 8.25. The SMILES string of the molecule is CC(C)CC(=O)NC(C(N)=O)c1ccccc1. The lowest BCUT2D eigenvalue weighted by Gasteiger charge is -2.16. The fraction of sp³-hybridized carbons (Fsp3) is 0.385. The van der Waals surface area contributed by atoms with Crippen LogP contribution in [0.1, 0.15) is 31.9 Å². The van der Waals surface area contributed by atoms with Gasteiger partial charge in [-0.15, -0.1) is 0 Å². The number of nitrogens with one attached hydrogen (secondary N) is 1. The lowest BCUT2D eigenvalue weighted by Crippen LogP contribution is -2.37. The van der Waals surface area contributed by atoms with Crippen LogP contribution in [0.4, 0.5) is 0 Å². The lowest BCUT2D eigenvalue weighted by molar-refractivity contribution is -0.128. The first kappa shape index (κ1) is 13.2. The Hall–Kier alpha value is -1.84. The Morgan fingerprint density at radius 2 is 1.82 bits per heavy atom. The topological polar surface area (TPSA) is 72.2 Å². The largest absolute Gasteiger partial charge is 0.368 e. The minimum Gasteiger partial charge on any atom is -0.368 e. The molecular formula is C13H18N2O2. The summed E-state index contributed by atoms with van der Waals surface area (Å²) >= 11 is 0. The van der Waals surface area contributed by atoms with Crippen molar-refractivity contribution in [1.29, 1.82) is 0 Å². The van der Waals surface area contributed by atoms with E-state index < -0.39 is 11.9 Å². The molecule has 17 heavy (non-hydrogen) atoms. The maximum atomic E-state index is 11.6. The van der Waals surface area contributed by atoms with Crippen molar-refractivity contribution >= 4 is 11.8 Å². The van der Waals surface area contributed by atoms with Gasteiger partial charge in [-0.2, -0.15) is 0 Å². The van der Waals surface area contributed by atoms with Crippen LogP contribution >= 0.6 is 0 Å². The van der Waals surface area contributed by atoms with Gasteiger partial charge in [-0.05, 0) is 11.5 Å². The van der Waals surface area contributed by atoms with Crippen LogP contribution in [0, 0.1) is 5.92 Å². The Bertz CT molecular complexity index is 388. The van der Waals surface area contributed by atoms with E-state index in [1.165, 1.54) is 0 Å². The summed E-state index contributed by atoms with van der Waals surface area (Å²) < 4.78 is 0. The van der Waals surface area contributed by atoms with Gasteiger partial charge in [0.05, 0.1) is 0 Å². The van der Waals surface area contributed by atoms with Crippen molar-refractivity contribution < 1.29 is 9.59 Å². The Morgan fingerprint density at radius 3 is 2.29 bits per heavy atom. The van der Waals surface area contributed by atoms with Crippen LogP contribution in [0.3, 0.4) is 0 Å². The van der Waals surface area contributed by atoms with Gasteiger partial charge < -0.3 is 11.1 Å². The highest BCUT2D eigenvalue weighted by Crippen LogP contribution is 2.12. The molecule has 0 saturated heterocycles. The third-order valence-electron chi connectivity index (χ3n) is 2.32.